The van der Waals surface area contributed by atoms with Gasteiger partial charge in [-0.25, -0.2) is 9.59 Å². The van der Waals surface area contributed by atoms with Crippen LogP contribution < -0.4 is 0 Å². The first-order valence-electron chi connectivity index (χ1n) is 7.87. The SMILES string of the molecule is COC(=O)c1cc(C(=O)OCc2cccc3cccnc23)cc([N+](=O)[O-])c1. The van der Waals surface area contributed by atoms with E-state index in [0.717, 1.165) is 24.6 Å². The van der Waals surface area contributed by atoms with Gasteiger partial charge in [-0.1, -0.05) is 24.3 Å². The standard InChI is InChI=1S/C19H14N2O6/c1-26-18(22)14-8-15(10-16(9-14)21(24)25)19(23)27-11-13-5-2-4-12-6-3-7-20-17(12)13/h2-10H,11H2,1H3. The molecule has 8 heteroatoms. The predicted molar refractivity (Wildman–Crippen MR) is 95.3 cm³/mol. The molecular weight excluding hydrogens is 352 g/mol. The maximum Gasteiger partial charge on any atom is 0.338 e. The van der Waals surface area contributed by atoms with Crippen molar-refractivity contribution in [2.75, 3.05) is 7.11 Å². The summed E-state index contributed by atoms with van der Waals surface area (Å²) in [4.78, 5) is 38.7. The average Bonchev–Trinajstić information content (AvgIpc) is 2.70. The molecule has 0 atom stereocenters. The molecule has 136 valence electrons. The number of benzene rings is 2. The van der Waals surface area contributed by atoms with Crippen LogP contribution in [-0.2, 0) is 16.1 Å². The minimum Gasteiger partial charge on any atom is -0.465 e. The van der Waals surface area contributed by atoms with Crippen molar-refractivity contribution < 1.29 is 24.0 Å². The number of carbonyl (C=O) groups excluding carboxylic acids is 2. The molecule has 0 bridgehead atoms. The molecular formula is C19H14N2O6. The fourth-order valence-corrected chi connectivity index (χ4v) is 2.58. The van der Waals surface area contributed by atoms with Crippen molar-refractivity contribution in [3.05, 3.63) is 81.5 Å². The molecule has 27 heavy (non-hydrogen) atoms. The van der Waals surface area contributed by atoms with Gasteiger partial charge in [-0.05, 0) is 12.1 Å². The van der Waals surface area contributed by atoms with Crippen LogP contribution in [0.25, 0.3) is 10.9 Å². The number of nitro groups is 1. The summed E-state index contributed by atoms with van der Waals surface area (Å²) in [5.74, 6) is -1.58. The Balaban J connectivity index is 1.86. The van der Waals surface area contributed by atoms with Crippen molar-refractivity contribution in [1.82, 2.24) is 4.98 Å². The van der Waals surface area contributed by atoms with Crippen molar-refractivity contribution >= 4 is 28.5 Å². The van der Waals surface area contributed by atoms with E-state index in [4.69, 9.17) is 4.74 Å². The Kier molecular flexibility index (Phi) is 5.07. The largest absolute Gasteiger partial charge is 0.465 e. The van der Waals surface area contributed by atoms with E-state index in [1.165, 1.54) is 6.07 Å². The number of nitro benzene ring substituents is 1. The molecule has 0 saturated carbocycles. The van der Waals surface area contributed by atoms with Crippen molar-refractivity contribution in [3.8, 4) is 0 Å². The van der Waals surface area contributed by atoms with Gasteiger partial charge >= 0.3 is 11.9 Å². The minimum atomic E-state index is -0.795. The zero-order chi connectivity index (χ0) is 19.4. The van der Waals surface area contributed by atoms with Crippen LogP contribution >= 0.6 is 0 Å². The van der Waals surface area contributed by atoms with Crippen LogP contribution in [-0.4, -0.2) is 29.0 Å². The van der Waals surface area contributed by atoms with Crippen molar-refractivity contribution in [3.63, 3.8) is 0 Å². The molecule has 0 fully saturated rings. The highest BCUT2D eigenvalue weighted by atomic mass is 16.6. The van der Waals surface area contributed by atoms with Gasteiger partial charge in [-0.2, -0.15) is 0 Å². The first-order valence-corrected chi connectivity index (χ1v) is 7.87. The van der Waals surface area contributed by atoms with E-state index >= 15 is 0 Å². The molecule has 1 aromatic heterocycles. The number of hydrogen-bond acceptors (Lipinski definition) is 7. The molecule has 2 aromatic carbocycles. The number of methoxy groups -OCH3 is 1. The molecule has 1 heterocycles. The van der Waals surface area contributed by atoms with Gasteiger partial charge in [0.25, 0.3) is 5.69 Å². The van der Waals surface area contributed by atoms with Crippen molar-refractivity contribution in [2.24, 2.45) is 0 Å². The Bertz CT molecular complexity index is 1040. The van der Waals surface area contributed by atoms with Crippen LogP contribution in [0.1, 0.15) is 26.3 Å². The van der Waals surface area contributed by atoms with E-state index in [2.05, 4.69) is 9.72 Å². The van der Waals surface area contributed by atoms with E-state index in [9.17, 15) is 19.7 Å². The Labute approximate surface area is 153 Å². The summed E-state index contributed by atoms with van der Waals surface area (Å²) in [6.45, 7) is -0.0660. The summed E-state index contributed by atoms with van der Waals surface area (Å²) in [5.41, 5.74) is 0.766. The lowest BCUT2D eigenvalue weighted by atomic mass is 10.1. The van der Waals surface area contributed by atoms with Crippen molar-refractivity contribution in [2.45, 2.75) is 6.61 Å². The van der Waals surface area contributed by atoms with Gasteiger partial charge in [-0.3, -0.25) is 15.1 Å². The van der Waals surface area contributed by atoms with Crippen LogP contribution in [0.3, 0.4) is 0 Å². The number of fused-ring (bicyclic) bond motifs is 1. The molecule has 0 saturated heterocycles. The highest BCUT2D eigenvalue weighted by Gasteiger charge is 2.19. The molecule has 3 aromatic rings. The zero-order valence-electron chi connectivity index (χ0n) is 14.2. The maximum atomic E-state index is 12.4. The first-order chi connectivity index (χ1) is 13.0. The zero-order valence-corrected chi connectivity index (χ0v) is 14.2. The number of esters is 2. The van der Waals surface area contributed by atoms with Crippen LogP contribution in [0, 0.1) is 10.1 Å². The molecule has 0 aliphatic rings. The Hall–Kier alpha value is -3.81. The summed E-state index contributed by atoms with van der Waals surface area (Å²) in [6.07, 6.45) is 1.64. The first kappa shape index (κ1) is 18.0. The minimum absolute atomic E-state index is 0.0660. The Morgan fingerprint density at radius 3 is 2.48 bits per heavy atom. The van der Waals surface area contributed by atoms with Gasteiger partial charge in [0.15, 0.2) is 0 Å². The lowest BCUT2D eigenvalue weighted by molar-refractivity contribution is -0.384. The van der Waals surface area contributed by atoms with Gasteiger partial charge in [0, 0.05) is 29.3 Å². The lowest BCUT2D eigenvalue weighted by Gasteiger charge is -2.08. The lowest BCUT2D eigenvalue weighted by Crippen LogP contribution is -2.09. The number of ether oxygens (including phenoxy) is 2. The summed E-state index contributed by atoms with van der Waals surface area (Å²) >= 11 is 0. The van der Waals surface area contributed by atoms with Crippen molar-refractivity contribution in [1.29, 1.82) is 0 Å². The van der Waals surface area contributed by atoms with Gasteiger partial charge in [-0.15, -0.1) is 0 Å². The van der Waals surface area contributed by atoms with Gasteiger partial charge in [0.2, 0.25) is 0 Å². The number of hydrogen-bond donors (Lipinski definition) is 0. The van der Waals surface area contributed by atoms with E-state index in [0.29, 0.717) is 11.1 Å². The highest BCUT2D eigenvalue weighted by Crippen LogP contribution is 2.21. The summed E-state index contributed by atoms with van der Waals surface area (Å²) < 4.78 is 9.83. The second kappa shape index (κ2) is 7.61. The van der Waals surface area contributed by atoms with Crippen LogP contribution in [0.15, 0.2) is 54.7 Å². The van der Waals surface area contributed by atoms with E-state index in [1.54, 1.807) is 18.3 Å². The number of non-ortho nitro benzene ring substituents is 1. The fourth-order valence-electron chi connectivity index (χ4n) is 2.58. The normalized spacial score (nSPS) is 10.4. The fraction of sp³-hybridized carbons (Fsp3) is 0.105. The van der Waals surface area contributed by atoms with Gasteiger partial charge < -0.3 is 9.47 Å². The molecule has 0 radical (unpaired) electrons. The van der Waals surface area contributed by atoms with E-state index < -0.39 is 22.5 Å². The summed E-state index contributed by atoms with van der Waals surface area (Å²) in [6, 6.07) is 12.4. The van der Waals surface area contributed by atoms with Crippen LogP contribution in [0.2, 0.25) is 0 Å². The highest BCUT2D eigenvalue weighted by molar-refractivity contribution is 5.96. The number of para-hydroxylation sites is 1. The Morgan fingerprint density at radius 1 is 1.07 bits per heavy atom. The van der Waals surface area contributed by atoms with Crippen LogP contribution in [0.5, 0.6) is 0 Å². The predicted octanol–water partition coefficient (Wildman–Crippen LogP) is 3.29. The summed E-state index contributed by atoms with van der Waals surface area (Å²) in [5, 5.41) is 12.0. The molecule has 0 aliphatic carbocycles. The molecule has 8 nitrogen and oxygen atoms in total. The molecule has 0 spiro atoms. The molecule has 0 aliphatic heterocycles. The molecule has 0 N–H and O–H groups in total. The van der Waals surface area contributed by atoms with E-state index in [1.807, 2.05) is 18.2 Å². The van der Waals surface area contributed by atoms with Gasteiger partial charge in [0.1, 0.15) is 6.61 Å². The number of nitrogens with zero attached hydrogens (tertiary/aromatic N) is 2. The third kappa shape index (κ3) is 3.90. The number of rotatable bonds is 5. The second-order valence-corrected chi connectivity index (χ2v) is 5.59. The smallest absolute Gasteiger partial charge is 0.338 e. The average molecular weight is 366 g/mol. The number of aromatic nitrogens is 1. The van der Waals surface area contributed by atoms with Crippen LogP contribution in [0.4, 0.5) is 5.69 Å². The molecule has 3 rings (SSSR count). The second-order valence-electron chi connectivity index (χ2n) is 5.59. The quantitative estimate of drug-likeness (QED) is 0.387. The third-order valence-corrected chi connectivity index (χ3v) is 3.86. The monoisotopic (exact) mass is 366 g/mol. The molecule has 0 amide bonds. The van der Waals surface area contributed by atoms with E-state index in [-0.39, 0.29) is 17.7 Å². The third-order valence-electron chi connectivity index (χ3n) is 3.86. The molecule has 0 unspecified atom stereocenters. The van der Waals surface area contributed by atoms with Gasteiger partial charge in [0.05, 0.1) is 28.7 Å². The Morgan fingerprint density at radius 2 is 1.78 bits per heavy atom. The maximum absolute atomic E-state index is 12.4. The number of carbonyl (C=O) groups is 2. The summed E-state index contributed by atoms with van der Waals surface area (Å²) in [7, 11) is 1.15. The topological polar surface area (TPSA) is 109 Å². The number of pyridine rings is 1.